The lowest BCUT2D eigenvalue weighted by molar-refractivity contribution is -0.139. The molecule has 162 valence electrons. The van der Waals surface area contributed by atoms with Crippen molar-refractivity contribution in [2.75, 3.05) is 11.9 Å². The van der Waals surface area contributed by atoms with Gasteiger partial charge in [-0.05, 0) is 41.5 Å². The van der Waals surface area contributed by atoms with Crippen molar-refractivity contribution in [1.82, 2.24) is 19.9 Å². The molecule has 0 saturated heterocycles. The van der Waals surface area contributed by atoms with Crippen molar-refractivity contribution in [3.63, 3.8) is 0 Å². The Labute approximate surface area is 188 Å². The summed E-state index contributed by atoms with van der Waals surface area (Å²) in [6.07, 6.45) is 5.16. The third-order valence-electron chi connectivity index (χ3n) is 6.06. The zero-order valence-electron chi connectivity index (χ0n) is 17.7. The molecule has 0 saturated carbocycles. The predicted molar refractivity (Wildman–Crippen MR) is 122 cm³/mol. The molecule has 2 aromatic heterocycles. The number of ether oxygens (including phenoxy) is 1. The molecule has 8 nitrogen and oxygen atoms in total. The number of anilines is 1. The SMILES string of the molecule is CC(=O)N1CC2=C(C1=O)C(c1cccc(Oc3ncccn3)c1)c1c[nH]c3cccc(c13)N2. The van der Waals surface area contributed by atoms with Crippen molar-refractivity contribution in [2.45, 2.75) is 12.8 Å². The second-order valence-electron chi connectivity index (χ2n) is 8.04. The number of benzene rings is 2. The van der Waals surface area contributed by atoms with Crippen LogP contribution in [0.4, 0.5) is 5.69 Å². The Bertz CT molecular complexity index is 1460. The molecular formula is C25H19N5O3. The molecule has 0 fully saturated rings. The number of H-pyrrole nitrogens is 1. The molecule has 1 atom stereocenters. The van der Waals surface area contributed by atoms with E-state index in [0.29, 0.717) is 11.3 Å². The van der Waals surface area contributed by atoms with E-state index in [1.165, 1.54) is 11.8 Å². The highest BCUT2D eigenvalue weighted by Gasteiger charge is 2.41. The number of carbonyl (C=O) groups is 2. The van der Waals surface area contributed by atoms with E-state index >= 15 is 0 Å². The molecule has 2 N–H and O–H groups in total. The van der Waals surface area contributed by atoms with Gasteiger partial charge in [-0.1, -0.05) is 18.2 Å². The molecule has 0 radical (unpaired) electrons. The number of rotatable bonds is 3. The van der Waals surface area contributed by atoms with E-state index in [2.05, 4.69) is 20.3 Å². The fourth-order valence-corrected chi connectivity index (χ4v) is 4.66. The van der Waals surface area contributed by atoms with Gasteiger partial charge in [0.1, 0.15) is 5.75 Å². The van der Waals surface area contributed by atoms with Crippen molar-refractivity contribution in [2.24, 2.45) is 0 Å². The summed E-state index contributed by atoms with van der Waals surface area (Å²) >= 11 is 0. The van der Waals surface area contributed by atoms with Crippen LogP contribution in [0.5, 0.6) is 11.8 Å². The molecule has 2 amide bonds. The highest BCUT2D eigenvalue weighted by atomic mass is 16.5. The van der Waals surface area contributed by atoms with Gasteiger partial charge < -0.3 is 15.0 Å². The Hall–Kier alpha value is -4.46. The maximum Gasteiger partial charge on any atom is 0.321 e. The topological polar surface area (TPSA) is 100 Å². The number of nitrogens with zero attached hydrogens (tertiary/aromatic N) is 3. The first-order chi connectivity index (χ1) is 16.1. The van der Waals surface area contributed by atoms with Crippen LogP contribution in [0, 0.1) is 0 Å². The monoisotopic (exact) mass is 437 g/mol. The largest absolute Gasteiger partial charge is 0.424 e. The average Bonchev–Trinajstić information content (AvgIpc) is 3.34. The van der Waals surface area contributed by atoms with Crippen molar-refractivity contribution >= 4 is 28.4 Å². The Morgan fingerprint density at radius 3 is 2.76 bits per heavy atom. The van der Waals surface area contributed by atoms with Gasteiger partial charge in [0.2, 0.25) is 5.91 Å². The van der Waals surface area contributed by atoms with E-state index in [4.69, 9.17) is 4.74 Å². The molecule has 0 aliphatic carbocycles. The number of hydrogen-bond acceptors (Lipinski definition) is 6. The summed E-state index contributed by atoms with van der Waals surface area (Å²) in [4.78, 5) is 38.5. The molecule has 1 unspecified atom stereocenters. The fraction of sp³-hybridized carbons (Fsp3) is 0.120. The predicted octanol–water partition coefficient (Wildman–Crippen LogP) is 3.95. The van der Waals surface area contributed by atoms with Gasteiger partial charge in [0.15, 0.2) is 0 Å². The number of aromatic nitrogens is 3. The lowest BCUT2D eigenvalue weighted by Crippen LogP contribution is -2.33. The minimum Gasteiger partial charge on any atom is -0.424 e. The standard InChI is InChI=1S/C25H19N5O3/c1-14(31)30-13-20-23(24(30)32)21(17-12-28-18-7-3-8-19(29-20)22(17)18)15-5-2-6-16(11-15)33-25-26-9-4-10-27-25/h2-12,21,28-29H,13H2,1H3. The Morgan fingerprint density at radius 2 is 1.94 bits per heavy atom. The van der Waals surface area contributed by atoms with Crippen LogP contribution in [0.1, 0.15) is 24.0 Å². The summed E-state index contributed by atoms with van der Waals surface area (Å²) in [7, 11) is 0. The van der Waals surface area contributed by atoms with Crippen LogP contribution in [-0.2, 0) is 9.59 Å². The van der Waals surface area contributed by atoms with Crippen LogP contribution in [0.15, 0.2) is 78.4 Å². The molecule has 4 heterocycles. The third kappa shape index (κ3) is 3.07. The molecule has 0 spiro atoms. The van der Waals surface area contributed by atoms with E-state index in [1.54, 1.807) is 18.5 Å². The minimum atomic E-state index is -0.387. The number of nitrogens with one attached hydrogen (secondary N) is 2. The van der Waals surface area contributed by atoms with E-state index < -0.39 is 0 Å². The van der Waals surface area contributed by atoms with E-state index in [-0.39, 0.29) is 30.3 Å². The van der Waals surface area contributed by atoms with Crippen LogP contribution >= 0.6 is 0 Å². The second-order valence-corrected chi connectivity index (χ2v) is 8.04. The van der Waals surface area contributed by atoms with Gasteiger partial charge in [-0.15, -0.1) is 0 Å². The summed E-state index contributed by atoms with van der Waals surface area (Å²) in [6.45, 7) is 1.63. The molecule has 2 aliphatic heterocycles. The molecule has 33 heavy (non-hydrogen) atoms. The maximum absolute atomic E-state index is 13.4. The molecule has 8 heteroatoms. The number of amides is 2. The normalized spacial score (nSPS) is 17.1. The quantitative estimate of drug-likeness (QED) is 0.503. The van der Waals surface area contributed by atoms with Gasteiger partial charge in [-0.25, -0.2) is 9.97 Å². The molecule has 6 rings (SSSR count). The highest BCUT2D eigenvalue weighted by Crippen LogP contribution is 2.46. The van der Waals surface area contributed by atoms with E-state index in [9.17, 15) is 9.59 Å². The van der Waals surface area contributed by atoms with Gasteiger partial charge >= 0.3 is 6.01 Å². The van der Waals surface area contributed by atoms with E-state index in [1.807, 2.05) is 48.7 Å². The number of carbonyl (C=O) groups excluding carboxylic acids is 2. The zero-order chi connectivity index (χ0) is 22.5. The lowest BCUT2D eigenvalue weighted by atomic mass is 9.84. The molecule has 2 aromatic carbocycles. The van der Waals surface area contributed by atoms with Gasteiger partial charge in [0, 0.05) is 53.7 Å². The van der Waals surface area contributed by atoms with Crippen LogP contribution in [0.25, 0.3) is 10.9 Å². The van der Waals surface area contributed by atoms with Crippen molar-refractivity contribution < 1.29 is 14.3 Å². The Morgan fingerprint density at radius 1 is 1.12 bits per heavy atom. The summed E-state index contributed by atoms with van der Waals surface area (Å²) in [6, 6.07) is 15.5. The summed E-state index contributed by atoms with van der Waals surface area (Å²) in [5.41, 5.74) is 5.01. The summed E-state index contributed by atoms with van der Waals surface area (Å²) in [5.74, 6) is -0.386. The first-order valence-corrected chi connectivity index (χ1v) is 10.6. The van der Waals surface area contributed by atoms with Crippen LogP contribution in [-0.4, -0.2) is 38.2 Å². The van der Waals surface area contributed by atoms with Crippen LogP contribution in [0.3, 0.4) is 0 Å². The Balaban J connectivity index is 1.52. The van der Waals surface area contributed by atoms with Gasteiger partial charge in [-0.3, -0.25) is 14.5 Å². The van der Waals surface area contributed by atoms with E-state index in [0.717, 1.165) is 33.4 Å². The van der Waals surface area contributed by atoms with Crippen molar-refractivity contribution in [3.05, 3.63) is 89.5 Å². The summed E-state index contributed by atoms with van der Waals surface area (Å²) in [5, 5.41) is 4.46. The lowest BCUT2D eigenvalue weighted by Gasteiger charge is -2.20. The van der Waals surface area contributed by atoms with Crippen molar-refractivity contribution in [3.8, 4) is 11.8 Å². The fourth-order valence-electron chi connectivity index (χ4n) is 4.66. The molecule has 4 aromatic rings. The van der Waals surface area contributed by atoms with Crippen LogP contribution < -0.4 is 10.1 Å². The number of aromatic amines is 1. The average molecular weight is 437 g/mol. The van der Waals surface area contributed by atoms with Gasteiger partial charge in [0.25, 0.3) is 5.91 Å². The maximum atomic E-state index is 13.4. The smallest absolute Gasteiger partial charge is 0.321 e. The van der Waals surface area contributed by atoms with Crippen LogP contribution in [0.2, 0.25) is 0 Å². The minimum absolute atomic E-state index is 0.221. The molecule has 2 aliphatic rings. The number of hydrogen-bond donors (Lipinski definition) is 2. The second kappa shape index (κ2) is 7.30. The molecule has 0 bridgehead atoms. The molecular weight excluding hydrogens is 418 g/mol. The first-order valence-electron chi connectivity index (χ1n) is 10.6. The zero-order valence-corrected chi connectivity index (χ0v) is 17.7. The first kappa shape index (κ1) is 19.2. The highest BCUT2D eigenvalue weighted by molar-refractivity contribution is 6.11. The van der Waals surface area contributed by atoms with Crippen molar-refractivity contribution in [1.29, 1.82) is 0 Å². The third-order valence-corrected chi connectivity index (χ3v) is 6.06. The van der Waals surface area contributed by atoms with Gasteiger partial charge in [-0.2, -0.15) is 0 Å². The van der Waals surface area contributed by atoms with Gasteiger partial charge in [0.05, 0.1) is 12.1 Å². The Kier molecular flexibility index (Phi) is 4.26. The number of imide groups is 1. The summed E-state index contributed by atoms with van der Waals surface area (Å²) < 4.78 is 5.85.